The van der Waals surface area contributed by atoms with E-state index in [1.807, 2.05) is 30.3 Å². The number of carbonyl (C=O) groups is 1. The van der Waals surface area contributed by atoms with E-state index in [4.69, 9.17) is 27.9 Å². The maximum Gasteiger partial charge on any atom is 0.257 e. The minimum Gasteiger partial charge on any atom is -0.491 e. The molecule has 0 fully saturated rings. The molecule has 0 N–H and O–H groups in total. The fraction of sp³-hybridized carbons (Fsp3) is 0.296. The highest BCUT2D eigenvalue weighted by atomic mass is 35.5. The number of sulfonamides is 1. The zero-order chi connectivity index (χ0) is 25.7. The summed E-state index contributed by atoms with van der Waals surface area (Å²) in [5.74, 6) is 0.304. The Kier molecular flexibility index (Phi) is 8.57. The summed E-state index contributed by atoms with van der Waals surface area (Å²) in [5, 5.41) is 0.435. The Labute approximate surface area is 222 Å². The number of halogens is 2. The van der Waals surface area contributed by atoms with Crippen LogP contribution < -0.4 is 4.74 Å². The van der Waals surface area contributed by atoms with Gasteiger partial charge < -0.3 is 9.64 Å². The van der Waals surface area contributed by atoms with Crippen molar-refractivity contribution in [2.75, 3.05) is 26.7 Å². The fourth-order valence-corrected chi connectivity index (χ4v) is 6.72. The minimum atomic E-state index is -3.99. The number of nitrogens with zero attached hydrogens (tertiary/aromatic N) is 2. The summed E-state index contributed by atoms with van der Waals surface area (Å²) >= 11 is 12.4. The van der Waals surface area contributed by atoms with Crippen molar-refractivity contribution in [3.63, 3.8) is 0 Å². The highest BCUT2D eigenvalue weighted by Gasteiger charge is 2.34. The molecule has 4 rings (SSSR count). The van der Waals surface area contributed by atoms with Crippen LogP contribution in [0, 0.1) is 0 Å². The van der Waals surface area contributed by atoms with Crippen molar-refractivity contribution < 1.29 is 17.9 Å². The summed E-state index contributed by atoms with van der Waals surface area (Å²) in [4.78, 5) is 14.7. The van der Waals surface area contributed by atoms with Crippen LogP contribution in [0.2, 0.25) is 10.0 Å². The maximum absolute atomic E-state index is 14.0. The van der Waals surface area contributed by atoms with Gasteiger partial charge >= 0.3 is 0 Å². The van der Waals surface area contributed by atoms with Gasteiger partial charge in [0.2, 0.25) is 10.0 Å². The standard InChI is InChI=1S/C27H28Cl2N2O4S/c1-30-15-7-8-16-31(36(33,34)26-14-13-21(28)18-24(26)29)22(17-20-9-3-2-4-10-20)19-35-25-12-6-5-11-23(25)27(30)32/h2-6,9-14,18,22H,7-8,15-17,19H2,1H3/t22-/m0/s1. The first-order valence-corrected chi connectivity index (χ1v) is 13.9. The first kappa shape index (κ1) is 26.5. The summed E-state index contributed by atoms with van der Waals surface area (Å²) in [6.45, 7) is 0.811. The lowest BCUT2D eigenvalue weighted by molar-refractivity contribution is 0.0781. The van der Waals surface area contributed by atoms with Crippen molar-refractivity contribution in [3.8, 4) is 5.75 Å². The summed E-state index contributed by atoms with van der Waals surface area (Å²) < 4.78 is 35.6. The molecule has 3 aromatic rings. The Balaban J connectivity index is 1.77. The smallest absolute Gasteiger partial charge is 0.257 e. The Bertz CT molecular complexity index is 1320. The van der Waals surface area contributed by atoms with E-state index in [1.165, 1.54) is 22.5 Å². The monoisotopic (exact) mass is 546 g/mol. The number of para-hydroxylation sites is 1. The SMILES string of the molecule is CN1CCCCN(S(=O)(=O)c2ccc(Cl)cc2Cl)[C@@H](Cc2ccccc2)COc2ccccc2C1=O. The molecule has 1 amide bonds. The molecular weight excluding hydrogens is 519 g/mol. The summed E-state index contributed by atoms with van der Waals surface area (Å²) in [6.07, 6.45) is 1.64. The van der Waals surface area contributed by atoms with Crippen LogP contribution >= 0.6 is 23.2 Å². The van der Waals surface area contributed by atoms with Crippen LogP contribution in [0.25, 0.3) is 0 Å². The lowest BCUT2D eigenvalue weighted by atomic mass is 10.1. The lowest BCUT2D eigenvalue weighted by Gasteiger charge is -2.32. The predicted molar refractivity (Wildman–Crippen MR) is 142 cm³/mol. The molecule has 0 bridgehead atoms. The van der Waals surface area contributed by atoms with Gasteiger partial charge in [-0.05, 0) is 55.2 Å². The van der Waals surface area contributed by atoms with E-state index in [2.05, 4.69) is 0 Å². The number of fused-ring (bicyclic) bond motifs is 1. The average Bonchev–Trinajstić information content (AvgIpc) is 2.86. The predicted octanol–water partition coefficient (Wildman–Crippen LogP) is 5.54. The average molecular weight is 548 g/mol. The highest BCUT2D eigenvalue weighted by Crippen LogP contribution is 2.30. The van der Waals surface area contributed by atoms with Crippen LogP contribution in [-0.2, 0) is 16.4 Å². The van der Waals surface area contributed by atoms with Crippen LogP contribution in [0.1, 0.15) is 28.8 Å². The van der Waals surface area contributed by atoms with Crippen molar-refractivity contribution in [1.29, 1.82) is 0 Å². The van der Waals surface area contributed by atoms with E-state index >= 15 is 0 Å². The zero-order valence-corrected chi connectivity index (χ0v) is 22.3. The van der Waals surface area contributed by atoms with Gasteiger partial charge in [0.05, 0.1) is 16.6 Å². The molecule has 0 saturated heterocycles. The Morgan fingerprint density at radius 1 is 0.944 bits per heavy atom. The number of amides is 1. The molecule has 0 aromatic heterocycles. The summed E-state index contributed by atoms with van der Waals surface area (Å²) in [7, 11) is -2.25. The van der Waals surface area contributed by atoms with Gasteiger partial charge in [0.1, 0.15) is 17.3 Å². The number of hydrogen-bond acceptors (Lipinski definition) is 4. The zero-order valence-electron chi connectivity index (χ0n) is 19.9. The molecule has 9 heteroatoms. The van der Waals surface area contributed by atoms with Crippen molar-refractivity contribution in [3.05, 3.63) is 94.0 Å². The molecule has 3 aromatic carbocycles. The Hall–Kier alpha value is -2.58. The second-order valence-electron chi connectivity index (χ2n) is 8.78. The molecule has 0 spiro atoms. The topological polar surface area (TPSA) is 66.9 Å². The van der Waals surface area contributed by atoms with Crippen LogP contribution in [0.3, 0.4) is 0 Å². The molecule has 0 radical (unpaired) electrons. The molecule has 0 aliphatic carbocycles. The number of rotatable bonds is 4. The van der Waals surface area contributed by atoms with E-state index in [9.17, 15) is 13.2 Å². The van der Waals surface area contributed by atoms with Crippen molar-refractivity contribution in [2.45, 2.75) is 30.2 Å². The fourth-order valence-electron chi connectivity index (χ4n) is 4.32. The van der Waals surface area contributed by atoms with Crippen LogP contribution in [0.15, 0.2) is 77.7 Å². The number of carbonyl (C=O) groups excluding carboxylic acids is 1. The van der Waals surface area contributed by atoms with Crippen LogP contribution in [0.4, 0.5) is 0 Å². The minimum absolute atomic E-state index is 0.00594. The van der Waals surface area contributed by atoms with Gasteiger partial charge in [0, 0.05) is 25.2 Å². The van der Waals surface area contributed by atoms with E-state index in [1.54, 1.807) is 36.2 Å². The molecule has 36 heavy (non-hydrogen) atoms. The van der Waals surface area contributed by atoms with Gasteiger partial charge in [-0.2, -0.15) is 4.31 Å². The third-order valence-corrected chi connectivity index (χ3v) is 8.89. The molecule has 190 valence electrons. The highest BCUT2D eigenvalue weighted by molar-refractivity contribution is 7.89. The number of benzene rings is 3. The van der Waals surface area contributed by atoms with Gasteiger partial charge in [-0.15, -0.1) is 0 Å². The molecule has 0 unspecified atom stereocenters. The molecule has 1 aliphatic heterocycles. The Morgan fingerprint density at radius 3 is 2.39 bits per heavy atom. The number of ether oxygens (including phenoxy) is 1. The van der Waals surface area contributed by atoms with E-state index in [0.717, 1.165) is 5.56 Å². The summed E-state index contributed by atoms with van der Waals surface area (Å²) in [6, 6.07) is 20.6. The van der Waals surface area contributed by atoms with Crippen molar-refractivity contribution in [2.24, 2.45) is 0 Å². The van der Waals surface area contributed by atoms with Gasteiger partial charge in [-0.1, -0.05) is 65.7 Å². The maximum atomic E-state index is 14.0. The summed E-state index contributed by atoms with van der Waals surface area (Å²) in [5.41, 5.74) is 1.43. The molecule has 1 heterocycles. The normalized spacial score (nSPS) is 18.0. The third-order valence-electron chi connectivity index (χ3n) is 6.22. The van der Waals surface area contributed by atoms with Gasteiger partial charge in [0.15, 0.2) is 0 Å². The number of hydrogen-bond donors (Lipinski definition) is 0. The lowest BCUT2D eigenvalue weighted by Crippen LogP contribution is -2.46. The van der Waals surface area contributed by atoms with Gasteiger partial charge in [-0.25, -0.2) is 8.42 Å². The first-order valence-electron chi connectivity index (χ1n) is 11.8. The van der Waals surface area contributed by atoms with E-state index in [-0.39, 0.29) is 29.0 Å². The molecule has 1 atom stereocenters. The van der Waals surface area contributed by atoms with Crippen LogP contribution in [0.5, 0.6) is 5.75 Å². The third kappa shape index (κ3) is 6.03. The molecule has 1 aliphatic rings. The Morgan fingerprint density at radius 2 is 1.64 bits per heavy atom. The molecule has 6 nitrogen and oxygen atoms in total. The van der Waals surface area contributed by atoms with Crippen molar-refractivity contribution >= 4 is 39.1 Å². The molecular formula is C27H28Cl2N2O4S. The van der Waals surface area contributed by atoms with Gasteiger partial charge in [0.25, 0.3) is 5.91 Å². The molecule has 0 saturated carbocycles. The van der Waals surface area contributed by atoms with Crippen LogP contribution in [-0.4, -0.2) is 56.3 Å². The quantitative estimate of drug-likeness (QED) is 0.430. The van der Waals surface area contributed by atoms with E-state index < -0.39 is 16.1 Å². The van der Waals surface area contributed by atoms with E-state index in [0.29, 0.717) is 42.1 Å². The van der Waals surface area contributed by atoms with Gasteiger partial charge in [-0.3, -0.25) is 4.79 Å². The largest absolute Gasteiger partial charge is 0.491 e. The second kappa shape index (κ2) is 11.6. The first-order chi connectivity index (χ1) is 17.3. The second-order valence-corrected chi connectivity index (χ2v) is 11.5. The van der Waals surface area contributed by atoms with Crippen molar-refractivity contribution in [1.82, 2.24) is 9.21 Å².